The largest absolute Gasteiger partial charge is 0.349 e. The van der Waals surface area contributed by atoms with Crippen LogP contribution in [0.1, 0.15) is 10.5 Å². The third-order valence-corrected chi connectivity index (χ3v) is 2.49. The molecule has 1 aliphatic heterocycles. The summed E-state index contributed by atoms with van der Waals surface area (Å²) in [7, 11) is 0. The summed E-state index contributed by atoms with van der Waals surface area (Å²) in [5.74, 6) is -0.816. The Morgan fingerprint density at radius 3 is 3.08 bits per heavy atom. The zero-order chi connectivity index (χ0) is 8.72. The fourth-order valence-electron chi connectivity index (χ4n) is 1.30. The SMILES string of the molecule is O=C1NCCn2c(Br)cc(F)c21. The van der Waals surface area contributed by atoms with Crippen LogP contribution in [0.25, 0.3) is 0 Å². The topological polar surface area (TPSA) is 34.0 Å². The quantitative estimate of drug-likeness (QED) is 0.716. The molecule has 0 spiro atoms. The van der Waals surface area contributed by atoms with E-state index in [0.717, 1.165) is 0 Å². The van der Waals surface area contributed by atoms with E-state index in [0.29, 0.717) is 17.7 Å². The van der Waals surface area contributed by atoms with Gasteiger partial charge in [-0.3, -0.25) is 4.79 Å². The summed E-state index contributed by atoms with van der Waals surface area (Å²) in [6, 6.07) is 1.31. The van der Waals surface area contributed by atoms with E-state index < -0.39 is 5.82 Å². The Bertz CT molecular complexity index is 347. The first-order valence-corrected chi connectivity index (χ1v) is 4.32. The number of carbonyl (C=O) groups is 1. The molecule has 2 heterocycles. The number of rotatable bonds is 0. The van der Waals surface area contributed by atoms with Gasteiger partial charge in [0.25, 0.3) is 5.91 Å². The van der Waals surface area contributed by atoms with Crippen molar-refractivity contribution >= 4 is 21.8 Å². The van der Waals surface area contributed by atoms with Gasteiger partial charge in [-0.1, -0.05) is 0 Å². The van der Waals surface area contributed by atoms with Crippen molar-refractivity contribution in [1.82, 2.24) is 9.88 Å². The number of nitrogens with one attached hydrogen (secondary N) is 1. The molecule has 0 fully saturated rings. The molecule has 1 amide bonds. The molecule has 12 heavy (non-hydrogen) atoms. The molecule has 0 atom stereocenters. The van der Waals surface area contributed by atoms with Gasteiger partial charge in [0.05, 0.1) is 4.60 Å². The van der Waals surface area contributed by atoms with E-state index in [2.05, 4.69) is 21.2 Å². The molecule has 0 saturated carbocycles. The lowest BCUT2D eigenvalue weighted by atomic mass is 10.3. The molecule has 0 saturated heterocycles. The standard InChI is InChI=1S/C7H6BrFN2O/c8-5-3-4(9)6-7(12)10-1-2-11(5)6/h3H,1-2H2,(H,10,12). The molecule has 1 N–H and O–H groups in total. The van der Waals surface area contributed by atoms with Crippen molar-refractivity contribution in [1.29, 1.82) is 0 Å². The number of nitrogens with zero attached hydrogens (tertiary/aromatic N) is 1. The summed E-state index contributed by atoms with van der Waals surface area (Å²) >= 11 is 3.17. The average molecular weight is 233 g/mol. The van der Waals surface area contributed by atoms with Gasteiger partial charge in [-0.15, -0.1) is 0 Å². The molecule has 0 aliphatic carbocycles. The van der Waals surface area contributed by atoms with E-state index in [9.17, 15) is 9.18 Å². The molecule has 64 valence electrons. The second kappa shape index (κ2) is 2.58. The predicted molar refractivity (Wildman–Crippen MR) is 44.4 cm³/mol. The number of hydrogen-bond acceptors (Lipinski definition) is 1. The maximum absolute atomic E-state index is 13.0. The van der Waals surface area contributed by atoms with E-state index in [1.54, 1.807) is 4.57 Å². The van der Waals surface area contributed by atoms with Gasteiger partial charge in [-0.2, -0.15) is 0 Å². The maximum Gasteiger partial charge on any atom is 0.271 e. The van der Waals surface area contributed by atoms with E-state index >= 15 is 0 Å². The zero-order valence-electron chi connectivity index (χ0n) is 6.10. The number of hydrogen-bond donors (Lipinski definition) is 1. The first-order valence-electron chi connectivity index (χ1n) is 3.53. The minimum absolute atomic E-state index is 0.119. The van der Waals surface area contributed by atoms with E-state index in [1.165, 1.54) is 6.07 Å². The lowest BCUT2D eigenvalue weighted by Crippen LogP contribution is -2.35. The average Bonchev–Trinajstić information content (AvgIpc) is 2.29. The number of halogens is 2. The van der Waals surface area contributed by atoms with E-state index in [4.69, 9.17) is 0 Å². The van der Waals surface area contributed by atoms with Crippen molar-refractivity contribution in [3.05, 3.63) is 22.2 Å². The Morgan fingerprint density at radius 2 is 2.42 bits per heavy atom. The summed E-state index contributed by atoms with van der Waals surface area (Å²) in [5, 5.41) is 2.57. The van der Waals surface area contributed by atoms with E-state index in [-0.39, 0.29) is 11.6 Å². The molecule has 0 unspecified atom stereocenters. The minimum atomic E-state index is -0.473. The molecular weight excluding hydrogens is 227 g/mol. The summed E-state index contributed by atoms with van der Waals surface area (Å²) in [4.78, 5) is 11.1. The number of carbonyl (C=O) groups excluding carboxylic acids is 1. The van der Waals surface area contributed by atoms with Crippen LogP contribution in [0, 0.1) is 5.82 Å². The zero-order valence-corrected chi connectivity index (χ0v) is 7.69. The minimum Gasteiger partial charge on any atom is -0.349 e. The molecule has 0 bridgehead atoms. The van der Waals surface area contributed by atoms with Gasteiger partial charge in [0.15, 0.2) is 5.82 Å². The number of fused-ring (bicyclic) bond motifs is 1. The molecule has 1 aromatic heterocycles. The number of amides is 1. The molecule has 3 nitrogen and oxygen atoms in total. The lowest BCUT2D eigenvalue weighted by molar-refractivity contribution is 0.0922. The highest BCUT2D eigenvalue weighted by Gasteiger charge is 2.23. The van der Waals surface area contributed by atoms with Crippen LogP contribution in [0.3, 0.4) is 0 Å². The van der Waals surface area contributed by atoms with Gasteiger partial charge in [-0.25, -0.2) is 4.39 Å². The summed E-state index contributed by atoms with van der Waals surface area (Å²) < 4.78 is 15.3. The van der Waals surface area contributed by atoms with Gasteiger partial charge in [0.2, 0.25) is 0 Å². The molecule has 2 rings (SSSR count). The molecule has 0 radical (unpaired) electrons. The first kappa shape index (κ1) is 7.79. The van der Waals surface area contributed by atoms with Crippen LogP contribution >= 0.6 is 15.9 Å². The summed E-state index contributed by atoms with van der Waals surface area (Å²) in [6.07, 6.45) is 0. The Morgan fingerprint density at radius 1 is 1.67 bits per heavy atom. The van der Waals surface area contributed by atoms with Crippen LogP contribution in [-0.2, 0) is 6.54 Å². The molecular formula is C7H6BrFN2O. The second-order valence-electron chi connectivity index (χ2n) is 2.57. The Balaban J connectivity index is 2.62. The van der Waals surface area contributed by atoms with Crippen LogP contribution in [0.4, 0.5) is 4.39 Å². The van der Waals surface area contributed by atoms with Crippen molar-refractivity contribution in [2.75, 3.05) is 6.54 Å². The highest BCUT2D eigenvalue weighted by Crippen LogP contribution is 2.21. The first-order chi connectivity index (χ1) is 5.70. The monoisotopic (exact) mass is 232 g/mol. The van der Waals surface area contributed by atoms with Gasteiger partial charge < -0.3 is 9.88 Å². The van der Waals surface area contributed by atoms with Crippen LogP contribution < -0.4 is 5.32 Å². The second-order valence-corrected chi connectivity index (χ2v) is 3.38. The fraction of sp³-hybridized carbons (Fsp3) is 0.286. The maximum atomic E-state index is 13.0. The normalized spacial score (nSPS) is 15.7. The predicted octanol–water partition coefficient (Wildman–Crippen LogP) is 1.13. The van der Waals surface area contributed by atoms with Crippen LogP contribution in [-0.4, -0.2) is 17.0 Å². The summed E-state index contributed by atoms with van der Waals surface area (Å²) in [6.45, 7) is 1.17. The van der Waals surface area contributed by atoms with Crippen LogP contribution in [0.2, 0.25) is 0 Å². The van der Waals surface area contributed by atoms with Gasteiger partial charge in [0, 0.05) is 19.2 Å². The number of aromatic nitrogens is 1. The fourth-order valence-corrected chi connectivity index (χ4v) is 1.86. The smallest absolute Gasteiger partial charge is 0.271 e. The third-order valence-electron chi connectivity index (χ3n) is 1.84. The molecule has 1 aliphatic rings. The highest BCUT2D eigenvalue weighted by molar-refractivity contribution is 9.10. The van der Waals surface area contributed by atoms with Crippen molar-refractivity contribution in [3.8, 4) is 0 Å². The summed E-state index contributed by atoms with van der Waals surface area (Å²) in [5.41, 5.74) is 0.119. The van der Waals surface area contributed by atoms with Crippen LogP contribution in [0.15, 0.2) is 10.7 Å². The van der Waals surface area contributed by atoms with Crippen molar-refractivity contribution < 1.29 is 9.18 Å². The van der Waals surface area contributed by atoms with Crippen LogP contribution in [0.5, 0.6) is 0 Å². The Kier molecular flexibility index (Phi) is 1.68. The van der Waals surface area contributed by atoms with Crippen molar-refractivity contribution in [2.24, 2.45) is 0 Å². The van der Waals surface area contributed by atoms with Gasteiger partial charge >= 0.3 is 0 Å². The molecule has 5 heteroatoms. The van der Waals surface area contributed by atoms with Crippen molar-refractivity contribution in [3.63, 3.8) is 0 Å². The van der Waals surface area contributed by atoms with E-state index in [1.807, 2.05) is 0 Å². The lowest BCUT2D eigenvalue weighted by Gasteiger charge is -2.16. The molecule has 0 aromatic carbocycles. The third kappa shape index (κ3) is 0.964. The van der Waals surface area contributed by atoms with Gasteiger partial charge in [-0.05, 0) is 15.9 Å². The Labute approximate surface area is 76.7 Å². The highest BCUT2D eigenvalue weighted by atomic mass is 79.9. The van der Waals surface area contributed by atoms with Crippen molar-refractivity contribution in [2.45, 2.75) is 6.54 Å². The molecule has 1 aromatic rings. The van der Waals surface area contributed by atoms with Gasteiger partial charge in [0.1, 0.15) is 5.69 Å². The Hall–Kier alpha value is -0.840.